The maximum atomic E-state index is 12.2. The third-order valence-electron chi connectivity index (χ3n) is 3.41. The quantitative estimate of drug-likeness (QED) is 0.660. The molecule has 1 aromatic carbocycles. The number of aryl methyl sites for hydroxylation is 1. The Kier molecular flexibility index (Phi) is 5.25. The second-order valence-corrected chi connectivity index (χ2v) is 5.98. The number of rotatable bonds is 4. The number of hydrogen-bond donors (Lipinski definition) is 1. The van der Waals surface area contributed by atoms with Crippen LogP contribution >= 0.6 is 11.6 Å². The minimum absolute atomic E-state index is 0.0563. The van der Waals surface area contributed by atoms with E-state index in [2.05, 4.69) is 23.7 Å². The molecule has 0 saturated heterocycles. The van der Waals surface area contributed by atoms with Crippen molar-refractivity contribution in [2.45, 2.75) is 26.8 Å². The molecular weight excluding hydrogens is 310 g/mol. The first-order valence-electron chi connectivity index (χ1n) is 7.28. The monoisotopic (exact) mass is 327 g/mol. The lowest BCUT2D eigenvalue weighted by Gasteiger charge is -2.08. The van der Waals surface area contributed by atoms with Gasteiger partial charge in [0.15, 0.2) is 0 Å². The summed E-state index contributed by atoms with van der Waals surface area (Å²) in [7, 11) is 0. The van der Waals surface area contributed by atoms with Crippen molar-refractivity contribution in [2.24, 2.45) is 0 Å². The minimum atomic E-state index is -0.440. The molecule has 0 aliphatic heterocycles. The molecule has 0 atom stereocenters. The Labute approximate surface area is 141 Å². The third kappa shape index (κ3) is 4.24. The van der Waals surface area contributed by atoms with Gasteiger partial charge in [0.2, 0.25) is 0 Å². The van der Waals surface area contributed by atoms with Crippen LogP contribution in [0.2, 0.25) is 5.02 Å². The summed E-state index contributed by atoms with van der Waals surface area (Å²) >= 11 is 5.81. The predicted molar refractivity (Wildman–Crippen MR) is 93.2 cm³/mol. The number of nitrogens with one attached hydrogen (secondary N) is 1. The predicted octanol–water partition coefficient (Wildman–Crippen LogP) is 4.58. The van der Waals surface area contributed by atoms with E-state index in [0.29, 0.717) is 16.8 Å². The molecule has 1 amide bonds. The van der Waals surface area contributed by atoms with Gasteiger partial charge in [-0.3, -0.25) is 4.79 Å². The molecule has 0 aliphatic carbocycles. The Balaban J connectivity index is 2.21. The van der Waals surface area contributed by atoms with Gasteiger partial charge in [0.25, 0.3) is 5.91 Å². The fraction of sp³-hybridized carbons (Fsp3) is 0.222. The van der Waals surface area contributed by atoms with Crippen molar-refractivity contribution in [3.8, 4) is 6.07 Å². The Morgan fingerprint density at radius 2 is 2.00 bits per heavy atom. The first-order valence-corrected chi connectivity index (χ1v) is 7.65. The van der Waals surface area contributed by atoms with Crippen LogP contribution in [0, 0.1) is 18.3 Å². The molecule has 0 aliphatic rings. The van der Waals surface area contributed by atoms with Gasteiger partial charge >= 0.3 is 0 Å². The van der Waals surface area contributed by atoms with Gasteiger partial charge in [-0.15, -0.1) is 0 Å². The van der Waals surface area contributed by atoms with E-state index in [1.807, 2.05) is 25.3 Å². The van der Waals surface area contributed by atoms with Crippen molar-refractivity contribution in [1.29, 1.82) is 5.26 Å². The van der Waals surface area contributed by atoms with Gasteiger partial charge in [-0.05, 0) is 62.7 Å². The third-order valence-corrected chi connectivity index (χ3v) is 3.66. The van der Waals surface area contributed by atoms with E-state index in [4.69, 9.17) is 11.6 Å². The van der Waals surface area contributed by atoms with Gasteiger partial charge in [0.05, 0.1) is 0 Å². The molecule has 0 radical (unpaired) electrons. The number of carbonyl (C=O) groups is 1. The van der Waals surface area contributed by atoms with Crippen molar-refractivity contribution in [3.63, 3.8) is 0 Å². The molecule has 5 heteroatoms. The van der Waals surface area contributed by atoms with Gasteiger partial charge in [0, 0.05) is 28.6 Å². The zero-order valence-electron chi connectivity index (χ0n) is 13.3. The highest BCUT2D eigenvalue weighted by atomic mass is 35.5. The summed E-state index contributed by atoms with van der Waals surface area (Å²) in [6.45, 7) is 6.16. The average Bonchev–Trinajstić information content (AvgIpc) is 2.88. The summed E-state index contributed by atoms with van der Waals surface area (Å²) in [6, 6.07) is 11.0. The number of amides is 1. The summed E-state index contributed by atoms with van der Waals surface area (Å²) in [5, 5.41) is 12.5. The number of halogens is 1. The number of anilines is 1. The Morgan fingerprint density at radius 3 is 2.52 bits per heavy atom. The van der Waals surface area contributed by atoms with E-state index >= 15 is 0 Å². The highest BCUT2D eigenvalue weighted by Crippen LogP contribution is 2.18. The lowest BCUT2D eigenvalue weighted by atomic mass is 10.2. The van der Waals surface area contributed by atoms with Crippen LogP contribution in [0.15, 0.2) is 42.1 Å². The van der Waals surface area contributed by atoms with E-state index < -0.39 is 5.91 Å². The van der Waals surface area contributed by atoms with Crippen molar-refractivity contribution in [2.75, 3.05) is 5.32 Å². The molecule has 0 unspecified atom stereocenters. The van der Waals surface area contributed by atoms with Crippen LogP contribution in [0.4, 0.5) is 5.69 Å². The lowest BCUT2D eigenvalue weighted by molar-refractivity contribution is -0.112. The van der Waals surface area contributed by atoms with Crippen molar-refractivity contribution in [3.05, 3.63) is 58.4 Å². The van der Waals surface area contributed by atoms with Crippen molar-refractivity contribution < 1.29 is 4.79 Å². The topological polar surface area (TPSA) is 57.8 Å². The molecule has 1 aromatic heterocycles. The Morgan fingerprint density at radius 1 is 1.35 bits per heavy atom. The number of nitriles is 1. The summed E-state index contributed by atoms with van der Waals surface area (Å²) in [4.78, 5) is 12.2. The summed E-state index contributed by atoms with van der Waals surface area (Å²) in [5.41, 5.74) is 2.57. The van der Waals surface area contributed by atoms with Gasteiger partial charge in [0.1, 0.15) is 11.6 Å². The van der Waals surface area contributed by atoms with Crippen molar-refractivity contribution >= 4 is 29.3 Å². The average molecular weight is 328 g/mol. The fourth-order valence-electron chi connectivity index (χ4n) is 2.30. The zero-order valence-corrected chi connectivity index (χ0v) is 14.1. The number of hydrogen-bond acceptors (Lipinski definition) is 2. The fourth-order valence-corrected chi connectivity index (χ4v) is 2.42. The molecule has 2 aromatic rings. The van der Waals surface area contributed by atoms with Crippen molar-refractivity contribution in [1.82, 2.24) is 4.57 Å². The molecule has 1 heterocycles. The van der Waals surface area contributed by atoms with E-state index in [0.717, 1.165) is 11.3 Å². The number of carbonyl (C=O) groups excluding carboxylic acids is 1. The van der Waals surface area contributed by atoms with Crippen LogP contribution < -0.4 is 5.32 Å². The second kappa shape index (κ2) is 7.17. The summed E-state index contributed by atoms with van der Waals surface area (Å²) in [6.07, 6.45) is 3.53. The Hall–Kier alpha value is -2.51. The maximum Gasteiger partial charge on any atom is 0.266 e. The number of nitrogens with zero attached hydrogens (tertiary/aromatic N) is 2. The largest absolute Gasteiger partial charge is 0.349 e. The maximum absolute atomic E-state index is 12.2. The number of aromatic nitrogens is 1. The van der Waals surface area contributed by atoms with Gasteiger partial charge in [-0.2, -0.15) is 5.26 Å². The summed E-state index contributed by atoms with van der Waals surface area (Å²) in [5.74, 6) is -0.440. The van der Waals surface area contributed by atoms with Gasteiger partial charge in [-0.25, -0.2) is 0 Å². The minimum Gasteiger partial charge on any atom is -0.349 e. The zero-order chi connectivity index (χ0) is 17.0. The van der Waals surface area contributed by atoms with E-state index in [1.54, 1.807) is 30.3 Å². The van der Waals surface area contributed by atoms with E-state index in [-0.39, 0.29) is 5.57 Å². The molecule has 0 spiro atoms. The van der Waals surface area contributed by atoms with Crippen LogP contribution in [0.3, 0.4) is 0 Å². The first kappa shape index (κ1) is 16.9. The molecule has 4 nitrogen and oxygen atoms in total. The Bertz CT molecular complexity index is 780. The first-order chi connectivity index (χ1) is 10.9. The molecule has 0 bridgehead atoms. The standard InChI is InChI=1S/C18H18ClN3O/c1-12(2)22-11-14(8-13(22)3)9-15(10-20)18(23)21-17-6-4-16(19)5-7-17/h4-9,11-12H,1-3H3,(H,21,23)/b15-9+. The summed E-state index contributed by atoms with van der Waals surface area (Å²) < 4.78 is 2.10. The van der Waals surface area contributed by atoms with Gasteiger partial charge in [-0.1, -0.05) is 11.6 Å². The molecule has 2 rings (SSSR count). The normalized spacial score (nSPS) is 11.4. The van der Waals surface area contributed by atoms with Crippen LogP contribution in [-0.2, 0) is 4.79 Å². The molecule has 1 N–H and O–H groups in total. The number of benzene rings is 1. The smallest absolute Gasteiger partial charge is 0.266 e. The molecule has 23 heavy (non-hydrogen) atoms. The van der Waals surface area contributed by atoms with Gasteiger partial charge < -0.3 is 9.88 Å². The molecule has 118 valence electrons. The van der Waals surface area contributed by atoms with E-state index in [9.17, 15) is 10.1 Å². The SMILES string of the molecule is Cc1cc(/C=C(\C#N)C(=O)Nc2ccc(Cl)cc2)cn1C(C)C. The highest BCUT2D eigenvalue weighted by Gasteiger charge is 2.11. The highest BCUT2D eigenvalue weighted by molar-refractivity contribution is 6.30. The van der Waals surface area contributed by atoms with E-state index in [1.165, 1.54) is 0 Å². The second-order valence-electron chi connectivity index (χ2n) is 5.55. The van der Waals surface area contributed by atoms with Crippen LogP contribution in [0.5, 0.6) is 0 Å². The molecule has 0 fully saturated rings. The van der Waals surface area contributed by atoms with Crippen LogP contribution in [0.25, 0.3) is 6.08 Å². The molecular formula is C18H18ClN3O. The molecule has 0 saturated carbocycles. The van der Waals surface area contributed by atoms with Crippen LogP contribution in [-0.4, -0.2) is 10.5 Å². The van der Waals surface area contributed by atoms with Crippen LogP contribution in [0.1, 0.15) is 31.1 Å². The lowest BCUT2D eigenvalue weighted by Crippen LogP contribution is -2.13.